The van der Waals surface area contributed by atoms with Gasteiger partial charge < -0.3 is 24.2 Å². The molecule has 1 N–H and O–H groups in total. The molecule has 7 nitrogen and oxygen atoms in total. The molecule has 0 spiro atoms. The highest BCUT2D eigenvalue weighted by Crippen LogP contribution is 2.41. The highest BCUT2D eigenvalue weighted by atomic mass is 16.5. The standard InChI is InChI=1S/C32H35NO6/c1-21(2)20-38-27-15-14-24(18-22(27)3)30(34)28-29(33(16-9-17-37-4)32(36)31(28)35)23-10-8-13-26(19-23)39-25-11-6-5-7-12-25/h5-8,10-15,18-19,21,29,34H,9,16-17,20H2,1-4H3. The summed E-state index contributed by atoms with van der Waals surface area (Å²) in [6.07, 6.45) is 0.543. The predicted molar refractivity (Wildman–Crippen MR) is 150 cm³/mol. The van der Waals surface area contributed by atoms with Crippen molar-refractivity contribution in [3.8, 4) is 17.2 Å². The number of Topliss-reactive ketones (excluding diaryl/α,β-unsaturated/α-hetero) is 1. The van der Waals surface area contributed by atoms with Crippen LogP contribution in [0.25, 0.3) is 5.76 Å². The molecule has 4 rings (SSSR count). The van der Waals surface area contributed by atoms with Crippen LogP contribution in [0.5, 0.6) is 17.2 Å². The molecule has 1 unspecified atom stereocenters. The van der Waals surface area contributed by atoms with Crippen molar-refractivity contribution in [2.75, 3.05) is 26.9 Å². The maximum atomic E-state index is 13.4. The zero-order valence-electron chi connectivity index (χ0n) is 22.8. The number of methoxy groups -OCH3 is 1. The molecule has 39 heavy (non-hydrogen) atoms. The van der Waals surface area contributed by atoms with Crippen molar-refractivity contribution < 1.29 is 28.9 Å². The molecular formula is C32H35NO6. The number of aliphatic hydroxyl groups is 1. The number of likely N-dealkylation sites (tertiary alicyclic amines) is 1. The lowest BCUT2D eigenvalue weighted by molar-refractivity contribution is -0.140. The number of hydrogen-bond acceptors (Lipinski definition) is 6. The molecule has 0 saturated carbocycles. The van der Waals surface area contributed by atoms with Crippen molar-refractivity contribution >= 4 is 17.4 Å². The quantitative estimate of drug-likeness (QED) is 0.136. The molecule has 1 heterocycles. The van der Waals surface area contributed by atoms with Gasteiger partial charge in [-0.15, -0.1) is 0 Å². The fourth-order valence-corrected chi connectivity index (χ4v) is 4.58. The Labute approximate surface area is 229 Å². The Morgan fingerprint density at radius 2 is 1.72 bits per heavy atom. The van der Waals surface area contributed by atoms with Crippen LogP contribution in [-0.2, 0) is 14.3 Å². The number of aliphatic hydroxyl groups excluding tert-OH is 1. The molecule has 3 aromatic carbocycles. The maximum absolute atomic E-state index is 13.4. The highest BCUT2D eigenvalue weighted by molar-refractivity contribution is 6.46. The van der Waals surface area contributed by atoms with Gasteiger partial charge >= 0.3 is 0 Å². The second-order valence-electron chi connectivity index (χ2n) is 10.0. The molecular weight excluding hydrogens is 494 g/mol. The number of benzene rings is 3. The van der Waals surface area contributed by atoms with E-state index in [1.54, 1.807) is 31.4 Å². The molecule has 0 aromatic heterocycles. The first kappa shape index (κ1) is 27.9. The van der Waals surface area contributed by atoms with Crippen LogP contribution >= 0.6 is 0 Å². The summed E-state index contributed by atoms with van der Waals surface area (Å²) in [7, 11) is 1.59. The van der Waals surface area contributed by atoms with Gasteiger partial charge in [-0.3, -0.25) is 9.59 Å². The average Bonchev–Trinajstić information content (AvgIpc) is 3.18. The third-order valence-electron chi connectivity index (χ3n) is 6.46. The number of amides is 1. The van der Waals surface area contributed by atoms with Gasteiger partial charge in [-0.1, -0.05) is 44.2 Å². The first-order valence-corrected chi connectivity index (χ1v) is 13.1. The predicted octanol–water partition coefficient (Wildman–Crippen LogP) is 6.28. The van der Waals surface area contributed by atoms with Gasteiger partial charge in [0.1, 0.15) is 23.0 Å². The lowest BCUT2D eigenvalue weighted by Gasteiger charge is -2.25. The monoisotopic (exact) mass is 529 g/mol. The van der Waals surface area contributed by atoms with Gasteiger partial charge in [-0.05, 0) is 72.9 Å². The second-order valence-corrected chi connectivity index (χ2v) is 10.0. The normalized spacial score (nSPS) is 16.6. The van der Waals surface area contributed by atoms with Crippen molar-refractivity contribution in [1.29, 1.82) is 0 Å². The van der Waals surface area contributed by atoms with E-state index in [4.69, 9.17) is 14.2 Å². The molecule has 0 radical (unpaired) electrons. The topological polar surface area (TPSA) is 85.3 Å². The molecule has 1 saturated heterocycles. The van der Waals surface area contributed by atoms with Crippen LogP contribution in [0, 0.1) is 12.8 Å². The van der Waals surface area contributed by atoms with Crippen LogP contribution in [0.15, 0.2) is 78.4 Å². The second kappa shape index (κ2) is 12.6. The number of para-hydroxylation sites is 1. The lowest BCUT2D eigenvalue weighted by atomic mass is 9.94. The highest BCUT2D eigenvalue weighted by Gasteiger charge is 2.46. The Morgan fingerprint density at radius 1 is 0.974 bits per heavy atom. The van der Waals surface area contributed by atoms with Crippen LogP contribution in [-0.4, -0.2) is 48.6 Å². The van der Waals surface area contributed by atoms with E-state index in [0.29, 0.717) is 60.5 Å². The van der Waals surface area contributed by atoms with Gasteiger partial charge in [-0.2, -0.15) is 0 Å². The molecule has 0 aliphatic carbocycles. The summed E-state index contributed by atoms with van der Waals surface area (Å²) in [5.74, 6) is 0.710. The summed E-state index contributed by atoms with van der Waals surface area (Å²) in [5.41, 5.74) is 1.98. The van der Waals surface area contributed by atoms with E-state index >= 15 is 0 Å². The van der Waals surface area contributed by atoms with Crippen LogP contribution in [0.1, 0.15) is 43.0 Å². The Hall–Kier alpha value is -4.10. The molecule has 3 aromatic rings. The summed E-state index contributed by atoms with van der Waals surface area (Å²) in [6.45, 7) is 7.33. The van der Waals surface area contributed by atoms with Crippen LogP contribution in [0.4, 0.5) is 0 Å². The average molecular weight is 530 g/mol. The minimum absolute atomic E-state index is 0.0459. The van der Waals surface area contributed by atoms with E-state index in [-0.39, 0.29) is 11.3 Å². The first-order chi connectivity index (χ1) is 18.8. The molecule has 1 atom stereocenters. The maximum Gasteiger partial charge on any atom is 0.295 e. The van der Waals surface area contributed by atoms with Crippen molar-refractivity contribution in [2.45, 2.75) is 33.2 Å². The Kier molecular flexibility index (Phi) is 9.04. The summed E-state index contributed by atoms with van der Waals surface area (Å²) in [5, 5.41) is 11.5. The van der Waals surface area contributed by atoms with Crippen molar-refractivity contribution in [2.24, 2.45) is 5.92 Å². The lowest BCUT2D eigenvalue weighted by Crippen LogP contribution is -2.31. The third kappa shape index (κ3) is 6.49. The van der Waals surface area contributed by atoms with E-state index in [1.165, 1.54) is 4.90 Å². The number of carbonyl (C=O) groups excluding carboxylic acids is 2. The minimum atomic E-state index is -0.779. The largest absolute Gasteiger partial charge is 0.507 e. The zero-order chi connectivity index (χ0) is 27.9. The van der Waals surface area contributed by atoms with Gasteiger partial charge in [-0.25, -0.2) is 0 Å². The fourth-order valence-electron chi connectivity index (χ4n) is 4.58. The van der Waals surface area contributed by atoms with Gasteiger partial charge in [0.05, 0.1) is 18.2 Å². The summed E-state index contributed by atoms with van der Waals surface area (Å²) in [6, 6.07) is 21.1. The molecule has 1 amide bonds. The minimum Gasteiger partial charge on any atom is -0.507 e. The molecule has 0 bridgehead atoms. The van der Waals surface area contributed by atoms with Crippen LogP contribution < -0.4 is 9.47 Å². The van der Waals surface area contributed by atoms with Crippen molar-refractivity contribution in [3.05, 3.63) is 95.1 Å². The number of rotatable bonds is 11. The summed E-state index contributed by atoms with van der Waals surface area (Å²) >= 11 is 0. The molecule has 1 aliphatic rings. The molecule has 204 valence electrons. The number of nitrogens with zero attached hydrogens (tertiary/aromatic N) is 1. The van der Waals surface area contributed by atoms with Gasteiger partial charge in [0.2, 0.25) is 0 Å². The first-order valence-electron chi connectivity index (χ1n) is 13.1. The molecule has 1 aliphatic heterocycles. The van der Waals surface area contributed by atoms with Crippen LogP contribution in [0.2, 0.25) is 0 Å². The van der Waals surface area contributed by atoms with Gasteiger partial charge in [0, 0.05) is 25.8 Å². The fraction of sp³-hybridized carbons (Fsp3) is 0.312. The third-order valence-corrected chi connectivity index (χ3v) is 6.46. The van der Waals surface area contributed by atoms with E-state index in [2.05, 4.69) is 13.8 Å². The number of ether oxygens (including phenoxy) is 3. The number of aryl methyl sites for hydroxylation is 1. The number of hydrogen-bond donors (Lipinski definition) is 1. The molecule has 7 heteroatoms. The van der Waals surface area contributed by atoms with Crippen LogP contribution in [0.3, 0.4) is 0 Å². The van der Waals surface area contributed by atoms with E-state index in [9.17, 15) is 14.7 Å². The smallest absolute Gasteiger partial charge is 0.295 e. The SMILES string of the molecule is COCCCN1C(=O)C(=O)C(=C(O)c2ccc(OCC(C)C)c(C)c2)C1c1cccc(Oc2ccccc2)c1. The number of ketones is 1. The summed E-state index contributed by atoms with van der Waals surface area (Å²) in [4.78, 5) is 28.1. The Morgan fingerprint density at radius 3 is 2.41 bits per heavy atom. The van der Waals surface area contributed by atoms with E-state index in [1.807, 2.05) is 55.5 Å². The Bertz CT molecular complexity index is 1350. The van der Waals surface area contributed by atoms with E-state index in [0.717, 1.165) is 5.56 Å². The number of carbonyl (C=O) groups is 2. The van der Waals surface area contributed by atoms with Crippen molar-refractivity contribution in [1.82, 2.24) is 4.90 Å². The van der Waals surface area contributed by atoms with Gasteiger partial charge in [0.25, 0.3) is 11.7 Å². The van der Waals surface area contributed by atoms with Crippen molar-refractivity contribution in [3.63, 3.8) is 0 Å². The zero-order valence-corrected chi connectivity index (χ0v) is 22.8. The summed E-state index contributed by atoms with van der Waals surface area (Å²) < 4.78 is 17.1. The molecule has 1 fully saturated rings. The van der Waals surface area contributed by atoms with Gasteiger partial charge in [0.15, 0.2) is 0 Å². The Balaban J connectivity index is 1.75. The van der Waals surface area contributed by atoms with E-state index < -0.39 is 17.7 Å².